The molecule has 1 saturated heterocycles. The summed E-state index contributed by atoms with van der Waals surface area (Å²) < 4.78 is 11.8. The van der Waals surface area contributed by atoms with Crippen molar-refractivity contribution >= 4 is 17.3 Å². The molecule has 25 heavy (non-hydrogen) atoms. The van der Waals surface area contributed by atoms with Gasteiger partial charge in [0.25, 0.3) is 11.5 Å². The van der Waals surface area contributed by atoms with Gasteiger partial charge < -0.3 is 19.7 Å². The molecular weight excluding hydrogens is 324 g/mol. The van der Waals surface area contributed by atoms with Crippen LogP contribution >= 0.6 is 0 Å². The zero-order valence-corrected chi connectivity index (χ0v) is 14.2. The van der Waals surface area contributed by atoms with Crippen LogP contribution < -0.4 is 20.5 Å². The number of amides is 1. The van der Waals surface area contributed by atoms with Crippen molar-refractivity contribution in [2.45, 2.75) is 0 Å². The number of anilines is 2. The fraction of sp³-hybridized carbons (Fsp3) is 0.353. The molecule has 0 aliphatic carbocycles. The van der Waals surface area contributed by atoms with Crippen LogP contribution in [0.1, 0.15) is 10.4 Å². The highest BCUT2D eigenvalue weighted by Crippen LogP contribution is 2.24. The third-order valence-electron chi connectivity index (χ3n) is 4.04. The first kappa shape index (κ1) is 17.0. The van der Waals surface area contributed by atoms with Crippen molar-refractivity contribution in [2.24, 2.45) is 7.05 Å². The molecule has 2 aromatic rings. The molecule has 0 saturated carbocycles. The van der Waals surface area contributed by atoms with Crippen LogP contribution in [-0.2, 0) is 11.8 Å². The molecule has 0 spiro atoms. The molecule has 1 aliphatic heterocycles. The zero-order valence-electron chi connectivity index (χ0n) is 14.2. The lowest BCUT2D eigenvalue weighted by Crippen LogP contribution is -2.41. The smallest absolute Gasteiger partial charge is 0.292 e. The molecule has 1 fully saturated rings. The van der Waals surface area contributed by atoms with Gasteiger partial charge in [0.1, 0.15) is 11.4 Å². The van der Waals surface area contributed by atoms with E-state index >= 15 is 0 Å². The molecule has 1 aromatic heterocycles. The van der Waals surface area contributed by atoms with Crippen molar-refractivity contribution in [2.75, 3.05) is 43.6 Å². The minimum Gasteiger partial charge on any atom is -0.496 e. The van der Waals surface area contributed by atoms with Gasteiger partial charge in [-0.2, -0.15) is 5.10 Å². The number of morpholine rings is 1. The zero-order chi connectivity index (χ0) is 17.8. The van der Waals surface area contributed by atoms with E-state index < -0.39 is 0 Å². The quantitative estimate of drug-likeness (QED) is 0.886. The number of para-hydroxylation sites is 1. The van der Waals surface area contributed by atoms with Gasteiger partial charge in [-0.15, -0.1) is 0 Å². The Morgan fingerprint density at radius 3 is 2.72 bits per heavy atom. The number of methoxy groups -OCH3 is 1. The van der Waals surface area contributed by atoms with Crippen LogP contribution in [0.25, 0.3) is 0 Å². The van der Waals surface area contributed by atoms with Crippen LogP contribution in [0, 0.1) is 0 Å². The molecule has 2 heterocycles. The Morgan fingerprint density at radius 2 is 2.00 bits per heavy atom. The van der Waals surface area contributed by atoms with Crippen molar-refractivity contribution in [3.05, 3.63) is 46.4 Å². The number of nitrogens with zero attached hydrogens (tertiary/aromatic N) is 3. The number of aryl methyl sites for hydroxylation is 1. The fourth-order valence-corrected chi connectivity index (χ4v) is 2.73. The van der Waals surface area contributed by atoms with Gasteiger partial charge in [-0.1, -0.05) is 12.1 Å². The Morgan fingerprint density at radius 1 is 1.28 bits per heavy atom. The van der Waals surface area contributed by atoms with Crippen molar-refractivity contribution in [1.82, 2.24) is 9.78 Å². The summed E-state index contributed by atoms with van der Waals surface area (Å²) in [5.74, 6) is 0.103. The molecular formula is C17H20N4O4. The predicted octanol–water partition coefficient (Wildman–Crippen LogP) is 0.878. The van der Waals surface area contributed by atoms with Gasteiger partial charge in [-0.05, 0) is 12.1 Å². The minimum atomic E-state index is -0.359. The first-order chi connectivity index (χ1) is 12.1. The van der Waals surface area contributed by atoms with E-state index in [4.69, 9.17) is 9.47 Å². The monoisotopic (exact) mass is 344 g/mol. The molecule has 0 bridgehead atoms. The highest BCUT2D eigenvalue weighted by atomic mass is 16.5. The topological polar surface area (TPSA) is 85.7 Å². The molecule has 0 radical (unpaired) electrons. The molecule has 1 N–H and O–H groups in total. The van der Waals surface area contributed by atoms with E-state index in [9.17, 15) is 9.59 Å². The van der Waals surface area contributed by atoms with Crippen molar-refractivity contribution in [3.63, 3.8) is 0 Å². The summed E-state index contributed by atoms with van der Waals surface area (Å²) in [6.45, 7) is 2.23. The van der Waals surface area contributed by atoms with Gasteiger partial charge in [0.15, 0.2) is 0 Å². The number of benzene rings is 1. The summed E-state index contributed by atoms with van der Waals surface area (Å²) in [5, 5.41) is 6.81. The Bertz CT molecular complexity index is 828. The van der Waals surface area contributed by atoms with E-state index in [2.05, 4.69) is 10.4 Å². The summed E-state index contributed by atoms with van der Waals surface area (Å²) in [7, 11) is 3.09. The lowest BCUT2D eigenvalue weighted by atomic mass is 10.2. The van der Waals surface area contributed by atoms with Crippen LogP contribution in [0.15, 0.2) is 35.3 Å². The normalized spacial score (nSPS) is 14.2. The lowest BCUT2D eigenvalue weighted by molar-refractivity contribution is 0.102. The number of aromatic nitrogens is 2. The Labute approximate surface area is 145 Å². The number of hydrogen-bond donors (Lipinski definition) is 1. The van der Waals surface area contributed by atoms with Gasteiger partial charge in [0, 0.05) is 20.1 Å². The first-order valence-electron chi connectivity index (χ1n) is 7.95. The molecule has 0 atom stereocenters. The van der Waals surface area contributed by atoms with E-state index in [-0.39, 0.29) is 11.5 Å². The Hall–Kier alpha value is -2.87. The van der Waals surface area contributed by atoms with E-state index in [0.717, 1.165) is 0 Å². The number of carbonyl (C=O) groups is 1. The number of nitrogens with one attached hydrogen (secondary N) is 1. The van der Waals surface area contributed by atoms with Crippen LogP contribution in [-0.4, -0.2) is 49.1 Å². The summed E-state index contributed by atoms with van der Waals surface area (Å²) >= 11 is 0. The lowest BCUT2D eigenvalue weighted by Gasteiger charge is -2.29. The largest absolute Gasteiger partial charge is 0.496 e. The molecule has 8 nitrogen and oxygen atoms in total. The van der Waals surface area contributed by atoms with Crippen LogP contribution in [0.2, 0.25) is 0 Å². The van der Waals surface area contributed by atoms with E-state index in [0.29, 0.717) is 49.0 Å². The van der Waals surface area contributed by atoms with Crippen LogP contribution in [0.4, 0.5) is 11.4 Å². The van der Waals surface area contributed by atoms with Crippen molar-refractivity contribution < 1.29 is 14.3 Å². The number of ether oxygens (including phenoxy) is 2. The molecule has 1 amide bonds. The second-order valence-electron chi connectivity index (χ2n) is 5.59. The van der Waals surface area contributed by atoms with E-state index in [1.54, 1.807) is 31.3 Å². The van der Waals surface area contributed by atoms with Crippen molar-refractivity contribution in [1.29, 1.82) is 0 Å². The molecule has 8 heteroatoms. The highest BCUT2D eigenvalue weighted by Gasteiger charge is 2.22. The third-order valence-corrected chi connectivity index (χ3v) is 4.04. The highest BCUT2D eigenvalue weighted by molar-refractivity contribution is 6.07. The van der Waals surface area contributed by atoms with Crippen LogP contribution in [0.5, 0.6) is 5.75 Å². The summed E-state index contributed by atoms with van der Waals surface area (Å²) in [4.78, 5) is 27.1. The third kappa shape index (κ3) is 3.48. The molecule has 1 aromatic carbocycles. The Balaban J connectivity index is 1.95. The van der Waals surface area contributed by atoms with Gasteiger partial charge in [-0.3, -0.25) is 9.59 Å². The van der Waals surface area contributed by atoms with Gasteiger partial charge in [-0.25, -0.2) is 4.68 Å². The maximum Gasteiger partial charge on any atom is 0.292 e. The summed E-state index contributed by atoms with van der Waals surface area (Å²) in [5.41, 5.74) is 0.920. The van der Waals surface area contributed by atoms with Crippen molar-refractivity contribution in [3.8, 4) is 5.75 Å². The molecule has 0 unspecified atom stereocenters. The number of carbonyl (C=O) groups excluding carboxylic acids is 1. The minimum absolute atomic E-state index is 0.264. The summed E-state index contributed by atoms with van der Waals surface area (Å²) in [6.07, 6.45) is 1.49. The standard InChI is InChI=1S/C17H20N4O4/c1-20-17(23)15(21-7-9-25-10-8-21)13(11-18-20)19-16(22)12-5-3-4-6-14(12)24-2/h3-6,11H,7-10H2,1-2H3,(H,19,22). The van der Waals surface area contributed by atoms with Crippen LogP contribution in [0.3, 0.4) is 0 Å². The van der Waals surface area contributed by atoms with E-state index in [1.807, 2.05) is 4.90 Å². The maximum atomic E-state index is 12.7. The second kappa shape index (κ2) is 7.35. The Kier molecular flexibility index (Phi) is 4.99. The van der Waals surface area contributed by atoms with Gasteiger partial charge in [0.2, 0.25) is 0 Å². The maximum absolute atomic E-state index is 12.7. The molecule has 132 valence electrons. The van der Waals surface area contributed by atoms with Gasteiger partial charge >= 0.3 is 0 Å². The molecule has 3 rings (SSSR count). The summed E-state index contributed by atoms with van der Waals surface area (Å²) in [6, 6.07) is 6.91. The number of hydrogen-bond acceptors (Lipinski definition) is 6. The average molecular weight is 344 g/mol. The SMILES string of the molecule is COc1ccccc1C(=O)Nc1cnn(C)c(=O)c1N1CCOCC1. The number of rotatable bonds is 4. The second-order valence-corrected chi connectivity index (χ2v) is 5.59. The van der Waals surface area contributed by atoms with Gasteiger partial charge in [0.05, 0.1) is 37.8 Å². The first-order valence-corrected chi connectivity index (χ1v) is 7.95. The van der Waals surface area contributed by atoms with E-state index in [1.165, 1.54) is 18.0 Å². The average Bonchev–Trinajstić information content (AvgIpc) is 2.65. The predicted molar refractivity (Wildman–Crippen MR) is 93.5 cm³/mol. The fourth-order valence-electron chi connectivity index (χ4n) is 2.73. The molecule has 1 aliphatic rings.